The first-order chi connectivity index (χ1) is 10.0. The molecule has 2 rings (SSSR count). The van der Waals surface area contributed by atoms with Crippen LogP contribution in [0.5, 0.6) is 0 Å². The normalized spacial score (nSPS) is 20.2. The van der Waals surface area contributed by atoms with Crippen LogP contribution in [0.15, 0.2) is 18.2 Å². The summed E-state index contributed by atoms with van der Waals surface area (Å²) in [6, 6.07) is 4.96. The third-order valence-corrected chi connectivity index (χ3v) is 3.92. The number of aliphatic hydroxyl groups is 2. The lowest BCUT2D eigenvalue weighted by atomic mass is 9.82. The van der Waals surface area contributed by atoms with Crippen molar-refractivity contribution in [3.05, 3.63) is 34.3 Å². The quantitative estimate of drug-likeness (QED) is 0.833. The Kier molecular flexibility index (Phi) is 5.24. The lowest BCUT2D eigenvalue weighted by Gasteiger charge is -2.34. The number of carbonyl (C=O) groups excluding carboxylic acids is 1. The zero-order chi connectivity index (χ0) is 15.4. The lowest BCUT2D eigenvalue weighted by Crippen LogP contribution is -2.39. The number of rotatable bonds is 3. The van der Waals surface area contributed by atoms with E-state index in [0.717, 1.165) is 12.8 Å². The van der Waals surface area contributed by atoms with Gasteiger partial charge in [0.25, 0.3) is 5.91 Å². The van der Waals surface area contributed by atoms with E-state index in [2.05, 4.69) is 11.8 Å². The Balaban J connectivity index is 2.03. The van der Waals surface area contributed by atoms with Gasteiger partial charge >= 0.3 is 0 Å². The minimum absolute atomic E-state index is 0.0973. The molecule has 0 radical (unpaired) electrons. The second kappa shape index (κ2) is 6.95. The molecule has 0 aliphatic heterocycles. The first kappa shape index (κ1) is 15.8. The molecule has 0 bridgehead atoms. The minimum atomic E-state index is -0.229. The van der Waals surface area contributed by atoms with Crippen LogP contribution in [0.1, 0.15) is 28.8 Å². The molecule has 1 amide bonds. The van der Waals surface area contributed by atoms with Crippen molar-refractivity contribution in [2.24, 2.45) is 5.92 Å². The highest BCUT2D eigenvalue weighted by molar-refractivity contribution is 6.32. The van der Waals surface area contributed by atoms with Crippen molar-refractivity contribution in [3.63, 3.8) is 0 Å². The number of nitrogens with zero attached hydrogens (tertiary/aromatic N) is 1. The first-order valence-corrected chi connectivity index (χ1v) is 7.22. The summed E-state index contributed by atoms with van der Waals surface area (Å²) in [5.41, 5.74) is 1.10. The maximum absolute atomic E-state index is 12.3. The van der Waals surface area contributed by atoms with Crippen LogP contribution in [0.3, 0.4) is 0 Å². The van der Waals surface area contributed by atoms with E-state index in [9.17, 15) is 9.90 Å². The molecular weight excluding hydrogens is 290 g/mol. The molecule has 2 N–H and O–H groups in total. The fourth-order valence-electron chi connectivity index (χ4n) is 2.42. The van der Waals surface area contributed by atoms with Crippen LogP contribution in [0.4, 0.5) is 0 Å². The molecule has 1 aromatic rings. The molecule has 5 heteroatoms. The van der Waals surface area contributed by atoms with Crippen molar-refractivity contribution in [1.82, 2.24) is 4.90 Å². The summed E-state index contributed by atoms with van der Waals surface area (Å²) >= 11 is 6.09. The smallest absolute Gasteiger partial charge is 0.253 e. The van der Waals surface area contributed by atoms with E-state index in [4.69, 9.17) is 16.7 Å². The largest absolute Gasteiger partial charge is 0.393 e. The van der Waals surface area contributed by atoms with E-state index >= 15 is 0 Å². The molecule has 0 spiro atoms. The second-order valence-corrected chi connectivity index (χ2v) is 5.74. The maximum Gasteiger partial charge on any atom is 0.253 e. The summed E-state index contributed by atoms with van der Waals surface area (Å²) in [6.45, 7) is 0.409. The van der Waals surface area contributed by atoms with Crippen LogP contribution < -0.4 is 0 Å². The summed E-state index contributed by atoms with van der Waals surface area (Å²) in [6.07, 6.45) is 1.31. The average molecular weight is 308 g/mol. The number of benzene rings is 1. The van der Waals surface area contributed by atoms with Gasteiger partial charge in [-0.25, -0.2) is 0 Å². The Hall–Kier alpha value is -1.54. The molecule has 112 valence electrons. The standard InChI is InChI=1S/C16H18ClNO3/c1-18(10-11-7-14(20)8-11)16(21)13-5-4-12(3-2-6-19)15(17)9-13/h4-5,9,11,14,19-20H,6-8,10H2,1H3. The van der Waals surface area contributed by atoms with E-state index < -0.39 is 0 Å². The van der Waals surface area contributed by atoms with Crippen LogP contribution in [-0.2, 0) is 0 Å². The van der Waals surface area contributed by atoms with Crippen LogP contribution >= 0.6 is 11.6 Å². The van der Waals surface area contributed by atoms with E-state index in [-0.39, 0.29) is 18.6 Å². The monoisotopic (exact) mass is 307 g/mol. The molecule has 0 atom stereocenters. The van der Waals surface area contributed by atoms with E-state index in [0.29, 0.717) is 28.6 Å². The van der Waals surface area contributed by atoms with Crippen LogP contribution in [-0.4, -0.2) is 47.3 Å². The van der Waals surface area contributed by atoms with Crippen molar-refractivity contribution < 1.29 is 15.0 Å². The molecule has 1 aromatic carbocycles. The van der Waals surface area contributed by atoms with Gasteiger partial charge in [0.05, 0.1) is 11.1 Å². The lowest BCUT2D eigenvalue weighted by molar-refractivity contribution is 0.0265. The van der Waals surface area contributed by atoms with Gasteiger partial charge in [-0.05, 0) is 37.0 Å². The minimum Gasteiger partial charge on any atom is -0.393 e. The van der Waals surface area contributed by atoms with Gasteiger partial charge in [-0.2, -0.15) is 0 Å². The zero-order valence-electron chi connectivity index (χ0n) is 11.8. The van der Waals surface area contributed by atoms with Crippen molar-refractivity contribution >= 4 is 17.5 Å². The maximum atomic E-state index is 12.3. The van der Waals surface area contributed by atoms with Gasteiger partial charge in [0.15, 0.2) is 0 Å². The number of amides is 1. The highest BCUT2D eigenvalue weighted by Crippen LogP contribution is 2.28. The number of halogens is 1. The fraction of sp³-hybridized carbons (Fsp3) is 0.438. The highest BCUT2D eigenvalue weighted by atomic mass is 35.5. The third-order valence-electron chi connectivity index (χ3n) is 3.61. The molecule has 0 heterocycles. The van der Waals surface area contributed by atoms with Crippen LogP contribution in [0.2, 0.25) is 5.02 Å². The summed E-state index contributed by atoms with van der Waals surface area (Å²) in [7, 11) is 1.75. The predicted octanol–water partition coefficient (Wildman–Crippen LogP) is 1.53. The van der Waals surface area contributed by atoms with Crippen LogP contribution in [0, 0.1) is 17.8 Å². The second-order valence-electron chi connectivity index (χ2n) is 5.33. The molecule has 0 saturated heterocycles. The SMILES string of the molecule is CN(CC1CC(O)C1)C(=O)c1ccc(C#CCO)c(Cl)c1. The van der Waals surface area contributed by atoms with Gasteiger partial charge in [-0.3, -0.25) is 4.79 Å². The first-order valence-electron chi connectivity index (χ1n) is 6.84. The summed E-state index contributed by atoms with van der Waals surface area (Å²) < 4.78 is 0. The number of hydrogen-bond acceptors (Lipinski definition) is 3. The van der Waals surface area contributed by atoms with Gasteiger partial charge in [0.2, 0.25) is 0 Å². The molecule has 1 fully saturated rings. The van der Waals surface area contributed by atoms with Gasteiger partial charge in [0, 0.05) is 24.7 Å². The Bertz CT molecular complexity index is 585. The van der Waals surface area contributed by atoms with Crippen molar-refractivity contribution in [3.8, 4) is 11.8 Å². The summed E-state index contributed by atoms with van der Waals surface area (Å²) in [5, 5.41) is 18.3. The van der Waals surface area contributed by atoms with Gasteiger partial charge < -0.3 is 15.1 Å². The van der Waals surface area contributed by atoms with Gasteiger partial charge in [-0.15, -0.1) is 0 Å². The summed E-state index contributed by atoms with van der Waals surface area (Å²) in [5.74, 6) is 5.53. The Labute approximate surface area is 129 Å². The Morgan fingerprint density at radius 2 is 2.19 bits per heavy atom. The van der Waals surface area contributed by atoms with Crippen molar-refractivity contribution in [2.45, 2.75) is 18.9 Å². The number of hydrogen-bond donors (Lipinski definition) is 2. The molecule has 0 unspecified atom stereocenters. The summed E-state index contributed by atoms with van der Waals surface area (Å²) in [4.78, 5) is 14.0. The number of aliphatic hydroxyl groups excluding tert-OH is 2. The topological polar surface area (TPSA) is 60.8 Å². The number of carbonyl (C=O) groups is 1. The molecule has 21 heavy (non-hydrogen) atoms. The van der Waals surface area contributed by atoms with Crippen molar-refractivity contribution in [1.29, 1.82) is 0 Å². The molecule has 1 aliphatic rings. The van der Waals surface area contributed by atoms with E-state index in [1.807, 2.05) is 0 Å². The third kappa shape index (κ3) is 3.98. The molecule has 1 saturated carbocycles. The van der Waals surface area contributed by atoms with Crippen LogP contribution in [0.25, 0.3) is 0 Å². The molecule has 0 aromatic heterocycles. The van der Waals surface area contributed by atoms with Crippen molar-refractivity contribution in [2.75, 3.05) is 20.2 Å². The van der Waals surface area contributed by atoms with E-state index in [1.165, 1.54) is 0 Å². The van der Waals surface area contributed by atoms with Gasteiger partial charge in [-0.1, -0.05) is 23.4 Å². The highest BCUT2D eigenvalue weighted by Gasteiger charge is 2.29. The zero-order valence-corrected chi connectivity index (χ0v) is 12.6. The average Bonchev–Trinajstić information content (AvgIpc) is 2.43. The molecule has 1 aliphatic carbocycles. The molecule has 4 nitrogen and oxygen atoms in total. The molecular formula is C16H18ClNO3. The van der Waals surface area contributed by atoms with E-state index in [1.54, 1.807) is 30.1 Å². The fourth-order valence-corrected chi connectivity index (χ4v) is 2.65. The predicted molar refractivity (Wildman–Crippen MR) is 81.1 cm³/mol. The Morgan fingerprint density at radius 1 is 1.48 bits per heavy atom. The Morgan fingerprint density at radius 3 is 2.76 bits per heavy atom. The van der Waals surface area contributed by atoms with Gasteiger partial charge in [0.1, 0.15) is 6.61 Å².